The number of hydrogen-bond acceptors (Lipinski definition) is 1. The fraction of sp³-hybridized carbons (Fsp3) is 0. The predicted octanol–water partition coefficient (Wildman–Crippen LogP) is 0.939. The van der Waals surface area contributed by atoms with E-state index in [1.54, 1.807) is 0 Å². The number of halogens is 1. The normalized spacial score (nSPS) is 2.25. The molecule has 0 aliphatic rings. The minimum absolute atomic E-state index is 2.09. The van der Waals surface area contributed by atoms with Crippen molar-refractivity contribution in [3.8, 4) is 0 Å². The average Bonchev–Trinajstić information content (AvgIpc) is 1.50. The quantitative estimate of drug-likeness (QED) is 0.483. The van der Waals surface area contributed by atoms with E-state index in [9.17, 15) is 0 Å². The monoisotopic (exact) mass is 302 g/mol. The first-order valence-corrected chi connectivity index (χ1v) is 5.07. The fourth-order valence-corrected chi connectivity index (χ4v) is 0. The summed E-state index contributed by atoms with van der Waals surface area (Å²) >= 11 is 4.97. The Labute approximate surface area is 43.9 Å². The summed E-state index contributed by atoms with van der Waals surface area (Å²) in [6, 6.07) is 0. The molecule has 0 rings (SSSR count). The molecule has 0 aliphatic carbocycles. The van der Waals surface area contributed by atoms with Gasteiger partial charge in [-0.25, -0.2) is 0 Å². The van der Waals surface area contributed by atoms with Crippen LogP contribution in [0.4, 0.5) is 0 Å². The molecule has 0 aromatic carbocycles. The number of rotatable bonds is 0. The van der Waals surface area contributed by atoms with Crippen LogP contribution in [-0.2, 0) is 18.9 Å². The van der Waals surface area contributed by atoms with Crippen molar-refractivity contribution in [2.24, 2.45) is 0 Å². The summed E-state index contributed by atoms with van der Waals surface area (Å²) in [5, 5.41) is 6.25. The molecule has 3 heteroatoms. The second-order valence-electron chi connectivity index (χ2n) is 0. The third kappa shape index (κ3) is 15.7. The van der Waals surface area contributed by atoms with E-state index in [0.717, 1.165) is 0 Å². The third-order valence-corrected chi connectivity index (χ3v) is 0. The molecular formula is CAuBrN-. The number of nitrogens with zero attached hydrogens (tertiary/aromatic N) is 1. The molecule has 0 amide bonds. The van der Waals surface area contributed by atoms with Crippen LogP contribution >= 0.6 is 13.0 Å². The number of hydrogen-bond donors (Lipinski definition) is 0. The first-order valence-electron chi connectivity index (χ1n) is 0.338. The summed E-state index contributed by atoms with van der Waals surface area (Å²) in [6.07, 6.45) is 0. The van der Waals surface area contributed by atoms with E-state index in [4.69, 9.17) is 11.8 Å². The van der Waals surface area contributed by atoms with Gasteiger partial charge in [-0.2, -0.15) is 0 Å². The molecule has 0 atom stereocenters. The van der Waals surface area contributed by atoms with Gasteiger partial charge in [0.2, 0.25) is 0 Å². The van der Waals surface area contributed by atoms with E-state index in [1.165, 1.54) is 0 Å². The molecule has 0 aromatic rings. The molecule has 0 N–H and O–H groups in total. The maximum Gasteiger partial charge on any atom is -0.488 e. The molecule has 28 valence electrons. The standard InChI is InChI=1S/CN.Au.BrH/c1-2;;/h;;1H/q-1;+1;/p-1. The summed E-state index contributed by atoms with van der Waals surface area (Å²) < 4.78 is 0. The Morgan fingerprint density at radius 1 is 1.50 bits per heavy atom. The van der Waals surface area contributed by atoms with Gasteiger partial charge in [-0.15, -0.1) is 0 Å². The fourth-order valence-electron chi connectivity index (χ4n) is 0. The summed E-state index contributed by atoms with van der Waals surface area (Å²) in [5.41, 5.74) is 0. The van der Waals surface area contributed by atoms with Crippen LogP contribution in [0.1, 0.15) is 0 Å². The summed E-state index contributed by atoms with van der Waals surface area (Å²) in [6.45, 7) is 4.75. The van der Waals surface area contributed by atoms with Crippen LogP contribution in [-0.4, -0.2) is 0 Å². The van der Waals surface area contributed by atoms with Crippen molar-refractivity contribution in [3.63, 3.8) is 0 Å². The molecule has 0 heterocycles. The Bertz CT molecular complexity index is 12.8. The van der Waals surface area contributed by atoms with Crippen molar-refractivity contribution >= 4 is 13.0 Å². The molecule has 0 bridgehead atoms. The van der Waals surface area contributed by atoms with Gasteiger partial charge >= 0.3 is 32.0 Å². The molecule has 0 unspecified atom stereocenters. The van der Waals surface area contributed by atoms with Gasteiger partial charge in [-0.05, 0) is 0 Å². The first kappa shape index (κ1) is 8.83. The Balaban J connectivity index is 0. The molecule has 1 nitrogen and oxygen atoms in total. The van der Waals surface area contributed by atoms with Gasteiger partial charge in [0.25, 0.3) is 0 Å². The van der Waals surface area contributed by atoms with E-state index in [2.05, 4.69) is 32.0 Å². The van der Waals surface area contributed by atoms with E-state index in [0.29, 0.717) is 0 Å². The molecular weight excluding hydrogens is 303 g/mol. The van der Waals surface area contributed by atoms with Crippen molar-refractivity contribution in [1.29, 1.82) is 5.26 Å². The minimum atomic E-state index is 2.09. The van der Waals surface area contributed by atoms with Gasteiger partial charge in [0.05, 0.1) is 0 Å². The summed E-state index contributed by atoms with van der Waals surface area (Å²) in [5.74, 6) is 0. The van der Waals surface area contributed by atoms with Crippen LogP contribution in [0.25, 0.3) is 0 Å². The van der Waals surface area contributed by atoms with Gasteiger partial charge < -0.3 is 11.8 Å². The first-order chi connectivity index (χ1) is 2.00. The zero-order valence-electron chi connectivity index (χ0n) is 1.63. The average molecular weight is 303 g/mol. The van der Waals surface area contributed by atoms with E-state index < -0.39 is 0 Å². The zero-order valence-corrected chi connectivity index (χ0v) is 5.38. The maximum absolute atomic E-state index is 6.25. The SMILES string of the molecule is [Br][Au].[C-]#N. The van der Waals surface area contributed by atoms with Crippen molar-refractivity contribution in [3.05, 3.63) is 6.57 Å². The summed E-state index contributed by atoms with van der Waals surface area (Å²) in [4.78, 5) is 0. The topological polar surface area (TPSA) is 23.8 Å². The van der Waals surface area contributed by atoms with Gasteiger partial charge in [0.15, 0.2) is 0 Å². The van der Waals surface area contributed by atoms with E-state index in [-0.39, 0.29) is 0 Å². The Morgan fingerprint density at radius 2 is 1.50 bits per heavy atom. The van der Waals surface area contributed by atoms with Gasteiger partial charge in [0, 0.05) is 0 Å². The molecule has 0 spiro atoms. The molecule has 0 fully saturated rings. The third-order valence-electron chi connectivity index (χ3n) is 0. The molecule has 0 aliphatic heterocycles. The largest absolute Gasteiger partial charge is 0.512 e. The second-order valence-corrected chi connectivity index (χ2v) is 0. The Kier molecular flexibility index (Phi) is 119. The van der Waals surface area contributed by atoms with Crippen LogP contribution in [0.15, 0.2) is 0 Å². The zero-order chi connectivity index (χ0) is 4.00. The van der Waals surface area contributed by atoms with Crippen molar-refractivity contribution in [1.82, 2.24) is 0 Å². The van der Waals surface area contributed by atoms with Gasteiger partial charge in [-0.1, -0.05) is 0 Å². The Morgan fingerprint density at radius 3 is 1.50 bits per heavy atom. The van der Waals surface area contributed by atoms with Crippen LogP contribution < -0.4 is 0 Å². The van der Waals surface area contributed by atoms with Crippen molar-refractivity contribution in [2.75, 3.05) is 0 Å². The second kappa shape index (κ2) is 54.0. The van der Waals surface area contributed by atoms with Crippen LogP contribution in [0.2, 0.25) is 0 Å². The van der Waals surface area contributed by atoms with Crippen LogP contribution in [0.3, 0.4) is 0 Å². The molecule has 0 aromatic heterocycles. The van der Waals surface area contributed by atoms with E-state index >= 15 is 0 Å². The van der Waals surface area contributed by atoms with Gasteiger partial charge in [-0.3, -0.25) is 0 Å². The maximum atomic E-state index is 6.25. The van der Waals surface area contributed by atoms with Crippen molar-refractivity contribution in [2.45, 2.75) is 0 Å². The van der Waals surface area contributed by atoms with Crippen LogP contribution in [0.5, 0.6) is 0 Å². The van der Waals surface area contributed by atoms with E-state index in [1.807, 2.05) is 0 Å². The van der Waals surface area contributed by atoms with Crippen molar-refractivity contribution < 1.29 is 18.9 Å². The molecule has 0 radical (unpaired) electrons. The molecule has 4 heavy (non-hydrogen) atoms. The van der Waals surface area contributed by atoms with Crippen LogP contribution in [0, 0.1) is 11.8 Å². The minimum Gasteiger partial charge on any atom is -0.512 e. The molecule has 0 saturated heterocycles. The van der Waals surface area contributed by atoms with Gasteiger partial charge in [0.1, 0.15) is 0 Å². The predicted molar refractivity (Wildman–Crippen MR) is 13.9 cm³/mol. The Hall–Kier alpha value is 0.710. The molecule has 0 saturated carbocycles. The smallest absolute Gasteiger partial charge is 0.488 e. The summed E-state index contributed by atoms with van der Waals surface area (Å²) in [7, 11) is 0.